The molecule has 7 heteroatoms. The number of likely N-dealkylation sites (tertiary alicyclic amines) is 1. The molecule has 2 heterocycles. The number of anilines is 1. The molecule has 2 N–H and O–H groups in total. The second-order valence-electron chi connectivity index (χ2n) is 6.64. The van der Waals surface area contributed by atoms with Gasteiger partial charge in [0.1, 0.15) is 5.92 Å². The van der Waals surface area contributed by atoms with Crippen molar-refractivity contribution in [3.63, 3.8) is 0 Å². The summed E-state index contributed by atoms with van der Waals surface area (Å²) in [6, 6.07) is 5.12. The molecule has 2 saturated heterocycles. The van der Waals surface area contributed by atoms with Crippen LogP contribution in [0.2, 0.25) is 10.0 Å². The smallest absolute Gasteiger partial charge is 0.239 e. The molecular formula is C17H21Cl2N3O2. The highest BCUT2D eigenvalue weighted by molar-refractivity contribution is 6.36. The average Bonchev–Trinajstić information content (AvgIpc) is 2.93. The lowest BCUT2D eigenvalue weighted by atomic mass is 9.93. The highest BCUT2D eigenvalue weighted by Gasteiger charge is 2.41. The van der Waals surface area contributed by atoms with Gasteiger partial charge in [-0.3, -0.25) is 9.59 Å². The van der Waals surface area contributed by atoms with Gasteiger partial charge in [-0.2, -0.15) is 0 Å². The van der Waals surface area contributed by atoms with E-state index in [4.69, 9.17) is 28.9 Å². The van der Waals surface area contributed by atoms with Crippen LogP contribution >= 0.6 is 23.2 Å². The van der Waals surface area contributed by atoms with Gasteiger partial charge in [-0.05, 0) is 37.0 Å². The number of hydrogen-bond acceptors (Lipinski definition) is 3. The number of benzene rings is 1. The third-order valence-electron chi connectivity index (χ3n) is 4.99. The van der Waals surface area contributed by atoms with Crippen LogP contribution in [0.1, 0.15) is 19.8 Å². The highest BCUT2D eigenvalue weighted by Crippen LogP contribution is 2.34. The van der Waals surface area contributed by atoms with E-state index in [0.717, 1.165) is 6.42 Å². The lowest BCUT2D eigenvalue weighted by Gasteiger charge is -2.36. The summed E-state index contributed by atoms with van der Waals surface area (Å²) in [7, 11) is 0. The maximum Gasteiger partial charge on any atom is 0.239 e. The predicted octanol–water partition coefficient (Wildman–Crippen LogP) is 2.54. The van der Waals surface area contributed by atoms with Crippen LogP contribution in [-0.4, -0.2) is 42.4 Å². The molecule has 0 aromatic heterocycles. The number of amides is 2. The SMILES string of the molecule is CC1CN(C(=O)C2CCN(c3cc(Cl)ccc3Cl)C2=O)CCC1N. The van der Waals surface area contributed by atoms with Gasteiger partial charge in [-0.25, -0.2) is 0 Å². The molecule has 3 atom stereocenters. The van der Waals surface area contributed by atoms with Gasteiger partial charge in [0, 0.05) is 30.7 Å². The summed E-state index contributed by atoms with van der Waals surface area (Å²) >= 11 is 12.2. The Morgan fingerprint density at radius 1 is 1.25 bits per heavy atom. The summed E-state index contributed by atoms with van der Waals surface area (Å²) in [4.78, 5) is 28.9. The van der Waals surface area contributed by atoms with E-state index in [9.17, 15) is 9.59 Å². The number of piperidine rings is 1. The Hall–Kier alpha value is -1.30. The molecule has 1 aromatic carbocycles. The Bertz CT molecular complexity index is 667. The third kappa shape index (κ3) is 3.25. The van der Waals surface area contributed by atoms with E-state index in [1.165, 1.54) is 0 Å². The molecule has 5 nitrogen and oxygen atoms in total. The summed E-state index contributed by atoms with van der Waals surface area (Å²) in [5, 5.41) is 0.967. The van der Waals surface area contributed by atoms with Gasteiger partial charge in [-0.1, -0.05) is 30.1 Å². The van der Waals surface area contributed by atoms with Crippen molar-refractivity contribution in [3.8, 4) is 0 Å². The molecule has 2 aliphatic rings. The van der Waals surface area contributed by atoms with Gasteiger partial charge in [0.15, 0.2) is 0 Å². The minimum Gasteiger partial charge on any atom is -0.342 e. The van der Waals surface area contributed by atoms with Crippen molar-refractivity contribution in [2.24, 2.45) is 17.6 Å². The summed E-state index contributed by atoms with van der Waals surface area (Å²) in [6.45, 7) is 3.74. The fourth-order valence-corrected chi connectivity index (χ4v) is 3.81. The zero-order valence-electron chi connectivity index (χ0n) is 13.5. The number of hydrogen-bond donors (Lipinski definition) is 1. The number of nitrogens with two attached hydrogens (primary N) is 1. The Labute approximate surface area is 151 Å². The van der Waals surface area contributed by atoms with E-state index < -0.39 is 5.92 Å². The summed E-state index contributed by atoms with van der Waals surface area (Å²) < 4.78 is 0. The maximum atomic E-state index is 12.8. The molecular weight excluding hydrogens is 349 g/mol. The van der Waals surface area contributed by atoms with Crippen molar-refractivity contribution in [1.82, 2.24) is 4.90 Å². The second kappa shape index (κ2) is 6.90. The first kappa shape index (κ1) is 17.5. The quantitative estimate of drug-likeness (QED) is 0.814. The molecule has 0 bridgehead atoms. The summed E-state index contributed by atoms with van der Waals surface area (Å²) in [5.74, 6) is -0.689. The normalized spacial score (nSPS) is 27.7. The topological polar surface area (TPSA) is 66.6 Å². The molecule has 2 fully saturated rings. The Balaban J connectivity index is 1.74. The van der Waals surface area contributed by atoms with E-state index in [2.05, 4.69) is 0 Å². The second-order valence-corrected chi connectivity index (χ2v) is 7.48. The molecule has 0 radical (unpaired) electrons. The Morgan fingerprint density at radius 2 is 2.00 bits per heavy atom. The van der Waals surface area contributed by atoms with Crippen molar-refractivity contribution in [2.75, 3.05) is 24.5 Å². The predicted molar refractivity (Wildman–Crippen MR) is 95.3 cm³/mol. The summed E-state index contributed by atoms with van der Waals surface area (Å²) in [6.07, 6.45) is 1.27. The molecule has 0 aliphatic carbocycles. The van der Waals surface area contributed by atoms with Crippen molar-refractivity contribution < 1.29 is 9.59 Å². The van der Waals surface area contributed by atoms with Crippen LogP contribution in [0.5, 0.6) is 0 Å². The minimum absolute atomic E-state index is 0.0978. The first-order valence-corrected chi connectivity index (χ1v) is 8.95. The average molecular weight is 370 g/mol. The zero-order chi connectivity index (χ0) is 17.4. The van der Waals surface area contributed by atoms with Gasteiger partial charge in [0.05, 0.1) is 10.7 Å². The molecule has 2 aliphatic heterocycles. The first-order chi connectivity index (χ1) is 11.4. The lowest BCUT2D eigenvalue weighted by Crippen LogP contribution is -2.50. The van der Waals surface area contributed by atoms with Crippen molar-refractivity contribution >= 4 is 40.7 Å². The third-order valence-corrected chi connectivity index (χ3v) is 5.54. The molecule has 130 valence electrons. The Morgan fingerprint density at radius 3 is 2.71 bits per heavy atom. The highest BCUT2D eigenvalue weighted by atomic mass is 35.5. The van der Waals surface area contributed by atoms with Crippen molar-refractivity contribution in [3.05, 3.63) is 28.2 Å². The standard InChI is InChI=1S/C17H21Cl2N3O2/c1-10-9-21(6-5-14(10)20)16(23)12-4-7-22(17(12)24)15-8-11(18)2-3-13(15)19/h2-3,8,10,12,14H,4-7,9,20H2,1H3. The molecule has 3 unspecified atom stereocenters. The van der Waals surface area contributed by atoms with Crippen LogP contribution in [0.3, 0.4) is 0 Å². The lowest BCUT2D eigenvalue weighted by molar-refractivity contribution is -0.141. The van der Waals surface area contributed by atoms with Gasteiger partial charge < -0.3 is 15.5 Å². The minimum atomic E-state index is -0.637. The van der Waals surface area contributed by atoms with Gasteiger partial charge in [0.25, 0.3) is 0 Å². The number of carbonyl (C=O) groups excluding carboxylic acids is 2. The van der Waals surface area contributed by atoms with E-state index in [0.29, 0.717) is 41.8 Å². The molecule has 0 spiro atoms. The van der Waals surface area contributed by atoms with Crippen molar-refractivity contribution in [2.45, 2.75) is 25.8 Å². The Kier molecular flexibility index (Phi) is 5.04. The van der Waals surface area contributed by atoms with Crippen LogP contribution in [0.25, 0.3) is 0 Å². The van der Waals surface area contributed by atoms with E-state index in [1.807, 2.05) is 6.92 Å². The number of halogens is 2. The first-order valence-electron chi connectivity index (χ1n) is 8.19. The van der Waals surface area contributed by atoms with Crippen LogP contribution in [0.15, 0.2) is 18.2 Å². The van der Waals surface area contributed by atoms with Crippen LogP contribution in [0.4, 0.5) is 5.69 Å². The fourth-order valence-electron chi connectivity index (χ4n) is 3.43. The number of carbonyl (C=O) groups is 2. The van der Waals surface area contributed by atoms with Gasteiger partial charge in [-0.15, -0.1) is 0 Å². The molecule has 24 heavy (non-hydrogen) atoms. The molecule has 3 rings (SSSR count). The van der Waals surface area contributed by atoms with Crippen LogP contribution in [0, 0.1) is 11.8 Å². The molecule has 2 amide bonds. The monoisotopic (exact) mass is 369 g/mol. The number of rotatable bonds is 2. The fraction of sp³-hybridized carbons (Fsp3) is 0.529. The largest absolute Gasteiger partial charge is 0.342 e. The van der Waals surface area contributed by atoms with Crippen molar-refractivity contribution in [1.29, 1.82) is 0 Å². The van der Waals surface area contributed by atoms with E-state index in [1.54, 1.807) is 28.0 Å². The van der Waals surface area contributed by atoms with Gasteiger partial charge >= 0.3 is 0 Å². The van der Waals surface area contributed by atoms with E-state index >= 15 is 0 Å². The molecule has 1 aromatic rings. The van der Waals surface area contributed by atoms with Crippen LogP contribution < -0.4 is 10.6 Å². The number of nitrogens with zero attached hydrogens (tertiary/aromatic N) is 2. The van der Waals surface area contributed by atoms with Crippen LogP contribution in [-0.2, 0) is 9.59 Å². The zero-order valence-corrected chi connectivity index (χ0v) is 15.1. The van der Waals surface area contributed by atoms with E-state index in [-0.39, 0.29) is 23.8 Å². The maximum absolute atomic E-state index is 12.8. The van der Waals surface area contributed by atoms with Gasteiger partial charge in [0.2, 0.25) is 11.8 Å². The molecule has 0 saturated carbocycles. The summed E-state index contributed by atoms with van der Waals surface area (Å²) in [5.41, 5.74) is 6.58.